The predicted molar refractivity (Wildman–Crippen MR) is 95.7 cm³/mol. The van der Waals surface area contributed by atoms with Crippen molar-refractivity contribution in [3.05, 3.63) is 58.8 Å². The molecule has 0 aliphatic carbocycles. The number of anilines is 3. The largest absolute Gasteiger partial charge is 0.493 e. The number of methoxy groups -OCH3 is 1. The summed E-state index contributed by atoms with van der Waals surface area (Å²) in [5.41, 5.74) is 7.67. The maximum absolute atomic E-state index is 11.8. The molecule has 130 valence electrons. The van der Waals surface area contributed by atoms with E-state index in [2.05, 4.69) is 5.32 Å². The number of carbonyl (C=O) groups excluding carboxylic acids is 1. The Morgan fingerprint density at radius 1 is 1.12 bits per heavy atom. The van der Waals surface area contributed by atoms with Crippen LogP contribution in [0.2, 0.25) is 0 Å². The Hall–Kier alpha value is -3.06. The summed E-state index contributed by atoms with van der Waals surface area (Å²) in [5, 5.41) is 3.20. The van der Waals surface area contributed by atoms with Gasteiger partial charge in [0, 0.05) is 23.6 Å². The van der Waals surface area contributed by atoms with Crippen LogP contribution in [0.5, 0.6) is 5.75 Å². The van der Waals surface area contributed by atoms with Crippen LogP contribution in [-0.2, 0) is 4.74 Å². The number of hydrogen-bond acceptors (Lipinski definition) is 6. The number of nitrogens with zero attached hydrogens (tertiary/aromatic N) is 1. The maximum atomic E-state index is 11.8. The number of nitrogens with two attached hydrogens (primary N) is 1. The summed E-state index contributed by atoms with van der Waals surface area (Å²) in [6.07, 6.45) is -0.660. The molecule has 3 N–H and O–H groups in total. The SMILES string of the molecule is COc1ccc(Nc2ccc(N3CC(CN)OC3=O)cc2)ccc1=O. The van der Waals surface area contributed by atoms with Crippen LogP contribution in [0.1, 0.15) is 0 Å². The molecule has 1 unspecified atom stereocenters. The molecule has 1 aliphatic heterocycles. The minimum absolute atomic E-state index is 0.187. The summed E-state index contributed by atoms with van der Waals surface area (Å²) in [7, 11) is 1.46. The van der Waals surface area contributed by atoms with Crippen molar-refractivity contribution in [2.75, 3.05) is 30.4 Å². The van der Waals surface area contributed by atoms with Gasteiger partial charge in [0.15, 0.2) is 5.75 Å². The van der Waals surface area contributed by atoms with Gasteiger partial charge >= 0.3 is 6.09 Å². The molecule has 0 spiro atoms. The molecule has 0 bridgehead atoms. The molecule has 1 fully saturated rings. The minimum Gasteiger partial charge on any atom is -0.493 e. The number of nitrogens with one attached hydrogen (secondary N) is 1. The van der Waals surface area contributed by atoms with Gasteiger partial charge in [0.2, 0.25) is 5.43 Å². The van der Waals surface area contributed by atoms with Crippen LogP contribution in [0.15, 0.2) is 53.3 Å². The van der Waals surface area contributed by atoms with E-state index < -0.39 is 0 Å². The van der Waals surface area contributed by atoms with Crippen molar-refractivity contribution in [2.24, 2.45) is 5.73 Å². The fraction of sp³-hybridized carbons (Fsp3) is 0.222. The monoisotopic (exact) mass is 341 g/mol. The van der Waals surface area contributed by atoms with Gasteiger partial charge < -0.3 is 20.5 Å². The lowest BCUT2D eigenvalue weighted by atomic mass is 10.2. The van der Waals surface area contributed by atoms with Crippen LogP contribution in [0.25, 0.3) is 0 Å². The van der Waals surface area contributed by atoms with Crippen LogP contribution in [-0.4, -0.2) is 32.4 Å². The highest BCUT2D eigenvalue weighted by molar-refractivity contribution is 5.90. The van der Waals surface area contributed by atoms with Crippen molar-refractivity contribution in [3.63, 3.8) is 0 Å². The second-order valence-corrected chi connectivity index (χ2v) is 5.58. The van der Waals surface area contributed by atoms with Crippen LogP contribution < -0.4 is 26.1 Å². The third kappa shape index (κ3) is 3.72. The third-order valence-electron chi connectivity index (χ3n) is 3.90. The van der Waals surface area contributed by atoms with Crippen LogP contribution in [0.3, 0.4) is 0 Å². The Bertz CT molecular complexity index is 823. The molecule has 2 aromatic rings. The minimum atomic E-state index is -0.388. The van der Waals surface area contributed by atoms with Crippen LogP contribution in [0, 0.1) is 0 Å². The molecular formula is C18H19N3O4. The van der Waals surface area contributed by atoms with E-state index in [1.807, 2.05) is 24.3 Å². The topological polar surface area (TPSA) is 93.9 Å². The second-order valence-electron chi connectivity index (χ2n) is 5.58. The highest BCUT2D eigenvalue weighted by Crippen LogP contribution is 2.24. The number of cyclic esters (lactones) is 1. The first-order chi connectivity index (χ1) is 12.1. The molecule has 7 nitrogen and oxygen atoms in total. The molecule has 1 heterocycles. The standard InChI is InChI=1S/C18H19N3O4/c1-24-17-9-5-13(4-8-16(17)22)20-12-2-6-14(7-3-12)21-11-15(10-19)25-18(21)23/h2-9,15,20H,10-11,19H2,1H3. The Labute approximate surface area is 145 Å². The fourth-order valence-electron chi connectivity index (χ4n) is 2.55. The van der Waals surface area contributed by atoms with Gasteiger partial charge in [-0.05, 0) is 48.5 Å². The lowest BCUT2D eigenvalue weighted by molar-refractivity contribution is 0.145. The molecule has 0 radical (unpaired) electrons. The van der Waals surface area contributed by atoms with Crippen molar-refractivity contribution in [1.82, 2.24) is 0 Å². The molecule has 1 amide bonds. The normalized spacial score (nSPS) is 16.5. The smallest absolute Gasteiger partial charge is 0.414 e. The summed E-state index contributed by atoms with van der Waals surface area (Å²) in [4.78, 5) is 25.1. The third-order valence-corrected chi connectivity index (χ3v) is 3.90. The summed E-state index contributed by atoms with van der Waals surface area (Å²) in [6.45, 7) is 0.751. The van der Waals surface area contributed by atoms with E-state index in [1.54, 1.807) is 23.1 Å². The van der Waals surface area contributed by atoms with E-state index in [4.69, 9.17) is 15.2 Å². The van der Waals surface area contributed by atoms with Crippen molar-refractivity contribution < 1.29 is 14.3 Å². The molecular weight excluding hydrogens is 322 g/mol. The zero-order valence-corrected chi connectivity index (χ0v) is 13.8. The highest BCUT2D eigenvalue weighted by atomic mass is 16.6. The first-order valence-electron chi connectivity index (χ1n) is 7.84. The van der Waals surface area contributed by atoms with Crippen LogP contribution in [0.4, 0.5) is 21.9 Å². The van der Waals surface area contributed by atoms with Gasteiger partial charge in [0.1, 0.15) is 6.10 Å². The van der Waals surface area contributed by atoms with E-state index in [0.717, 1.165) is 17.1 Å². The number of benzene rings is 1. The molecule has 1 saturated heterocycles. The molecule has 7 heteroatoms. The van der Waals surface area contributed by atoms with Crippen LogP contribution >= 0.6 is 0 Å². The van der Waals surface area contributed by atoms with Gasteiger partial charge in [-0.25, -0.2) is 4.79 Å². The van der Waals surface area contributed by atoms with Gasteiger partial charge in [-0.3, -0.25) is 9.69 Å². The summed E-state index contributed by atoms with van der Waals surface area (Å²) >= 11 is 0. The van der Waals surface area contributed by atoms with Gasteiger partial charge in [-0.15, -0.1) is 0 Å². The van der Waals surface area contributed by atoms with Gasteiger partial charge in [0.25, 0.3) is 0 Å². The number of carbonyl (C=O) groups is 1. The van der Waals surface area contributed by atoms with E-state index in [-0.39, 0.29) is 23.4 Å². The Kier molecular flexibility index (Phi) is 4.85. The number of ether oxygens (including phenoxy) is 2. The lowest BCUT2D eigenvalue weighted by Gasteiger charge is -2.13. The highest BCUT2D eigenvalue weighted by Gasteiger charge is 2.31. The average molecular weight is 341 g/mol. The van der Waals surface area contributed by atoms with E-state index >= 15 is 0 Å². The van der Waals surface area contributed by atoms with Gasteiger partial charge in [0.05, 0.1) is 13.7 Å². The zero-order chi connectivity index (χ0) is 17.8. The molecule has 0 saturated carbocycles. The maximum Gasteiger partial charge on any atom is 0.414 e. The van der Waals surface area contributed by atoms with Crippen molar-refractivity contribution >= 4 is 23.2 Å². The van der Waals surface area contributed by atoms with E-state index in [1.165, 1.54) is 13.2 Å². The van der Waals surface area contributed by atoms with Gasteiger partial charge in [-0.1, -0.05) is 0 Å². The second kappa shape index (κ2) is 7.23. The number of hydrogen-bond donors (Lipinski definition) is 2. The Morgan fingerprint density at radius 3 is 2.36 bits per heavy atom. The molecule has 1 atom stereocenters. The van der Waals surface area contributed by atoms with Crippen molar-refractivity contribution in [1.29, 1.82) is 0 Å². The number of amides is 1. The summed E-state index contributed by atoms with van der Waals surface area (Å²) in [6, 6.07) is 13.9. The fourth-order valence-corrected chi connectivity index (χ4v) is 2.55. The number of rotatable bonds is 5. The molecule has 1 aliphatic rings. The summed E-state index contributed by atoms with van der Waals surface area (Å²) < 4.78 is 10.2. The predicted octanol–water partition coefficient (Wildman–Crippen LogP) is 2.08. The van der Waals surface area contributed by atoms with E-state index in [9.17, 15) is 9.59 Å². The summed E-state index contributed by atoms with van der Waals surface area (Å²) in [5.74, 6) is 0.283. The van der Waals surface area contributed by atoms with Gasteiger partial charge in [-0.2, -0.15) is 0 Å². The Balaban J connectivity index is 1.74. The molecule has 25 heavy (non-hydrogen) atoms. The molecule has 2 aromatic carbocycles. The quantitative estimate of drug-likeness (QED) is 0.865. The zero-order valence-electron chi connectivity index (χ0n) is 13.8. The average Bonchev–Trinajstić information content (AvgIpc) is 2.91. The first kappa shape index (κ1) is 16.8. The molecule has 0 aromatic heterocycles. The lowest BCUT2D eigenvalue weighted by Crippen LogP contribution is -2.27. The molecule has 3 rings (SSSR count). The van der Waals surface area contributed by atoms with E-state index in [0.29, 0.717) is 13.1 Å². The first-order valence-corrected chi connectivity index (χ1v) is 7.84. The Morgan fingerprint density at radius 2 is 1.76 bits per heavy atom. The van der Waals surface area contributed by atoms with Crippen molar-refractivity contribution in [2.45, 2.75) is 6.10 Å². The van der Waals surface area contributed by atoms with Crippen molar-refractivity contribution in [3.8, 4) is 5.75 Å².